The summed E-state index contributed by atoms with van der Waals surface area (Å²) >= 11 is 0. The number of carbonyl (C=O) groups is 18. The first-order valence-electron chi connectivity index (χ1n) is 41.0. The molecule has 6 aliphatic heterocycles. The molecule has 43 heteroatoms. The Morgan fingerprint density at radius 1 is 0.388 bits per heavy atom. The average molecular weight is 1880 g/mol. The largest absolute Gasteiger partial charge is 0.480 e. The molecule has 37 nitrogen and oxygen atoms in total. The summed E-state index contributed by atoms with van der Waals surface area (Å²) in [5, 5.41) is 24.1. The molecule has 15 amide bonds. The van der Waals surface area contributed by atoms with E-state index in [1.807, 2.05) is 18.2 Å². The molecular formula is C86H90N12O25S6. The van der Waals surface area contributed by atoms with Gasteiger partial charge < -0.3 is 58.0 Å². The van der Waals surface area contributed by atoms with Crippen LogP contribution in [-0.2, 0) is 111 Å². The fourth-order valence-electron chi connectivity index (χ4n) is 14.6. The van der Waals surface area contributed by atoms with Gasteiger partial charge in [-0.15, -0.1) is 0 Å². The molecule has 12 rings (SSSR count). The molecular weight excluding hydrogens is 1790 g/mol. The van der Waals surface area contributed by atoms with Crippen molar-refractivity contribution >= 4 is 189 Å². The number of hydrogen-bond acceptors (Lipinski definition) is 30. The lowest BCUT2D eigenvalue weighted by Crippen LogP contribution is -2.52. The van der Waals surface area contributed by atoms with E-state index in [0.29, 0.717) is 63.8 Å². The molecule has 7 N–H and O–H groups in total. The molecule has 6 aromatic carbocycles. The van der Waals surface area contributed by atoms with Gasteiger partial charge in [0.25, 0.3) is 17.7 Å². The minimum absolute atomic E-state index is 0.0108. The molecule has 0 aliphatic carbocycles. The number of imide groups is 3. The fraction of sp³-hybridized carbons (Fsp3) is 0.372. The van der Waals surface area contributed by atoms with Crippen LogP contribution >= 0.6 is 64.8 Å². The molecule has 6 aromatic rings. The van der Waals surface area contributed by atoms with Crippen LogP contribution in [0.25, 0.3) is 0 Å². The van der Waals surface area contributed by atoms with E-state index >= 15 is 0 Å². The van der Waals surface area contributed by atoms with E-state index in [9.17, 15) is 91.4 Å². The van der Waals surface area contributed by atoms with Crippen LogP contribution in [0.3, 0.4) is 0 Å². The van der Waals surface area contributed by atoms with Gasteiger partial charge in [-0.3, -0.25) is 94.3 Å². The van der Waals surface area contributed by atoms with Gasteiger partial charge in [-0.05, 0) is 85.2 Å². The molecule has 0 radical (unpaired) electrons. The molecule has 680 valence electrons. The summed E-state index contributed by atoms with van der Waals surface area (Å²) in [6.07, 6.45) is -2.46. The maximum Gasteiger partial charge on any atom is 0.411 e. The van der Waals surface area contributed by atoms with Crippen LogP contribution in [0.5, 0.6) is 11.5 Å². The third-order valence-electron chi connectivity index (χ3n) is 20.7. The van der Waals surface area contributed by atoms with Gasteiger partial charge >= 0.3 is 42.3 Å². The van der Waals surface area contributed by atoms with E-state index in [4.69, 9.17) is 28.4 Å². The number of anilines is 3. The summed E-state index contributed by atoms with van der Waals surface area (Å²) < 4.78 is 33.7. The van der Waals surface area contributed by atoms with Crippen LogP contribution in [-0.4, -0.2) is 240 Å². The fourth-order valence-corrected chi connectivity index (χ4v) is 20.2. The summed E-state index contributed by atoms with van der Waals surface area (Å²) in [7, 11) is 8.21. The predicted molar refractivity (Wildman–Crippen MR) is 476 cm³/mol. The van der Waals surface area contributed by atoms with Gasteiger partial charge in [0.05, 0.1) is 29.1 Å². The van der Waals surface area contributed by atoms with Crippen molar-refractivity contribution in [3.05, 3.63) is 184 Å². The highest BCUT2D eigenvalue weighted by Gasteiger charge is 2.46. The second kappa shape index (κ2) is 47.1. The Morgan fingerprint density at radius 3 is 1.22 bits per heavy atom. The van der Waals surface area contributed by atoms with Gasteiger partial charge in [-0.25, -0.2) is 28.8 Å². The third kappa shape index (κ3) is 26.9. The van der Waals surface area contributed by atoms with Crippen molar-refractivity contribution in [3.8, 4) is 11.5 Å². The van der Waals surface area contributed by atoms with Gasteiger partial charge in [0.15, 0.2) is 0 Å². The number of ether oxygens (including phenoxy) is 6. The Balaban J connectivity index is 0.589. The third-order valence-corrected chi connectivity index (χ3v) is 28.0. The van der Waals surface area contributed by atoms with Gasteiger partial charge in [0.2, 0.25) is 47.3 Å². The molecule has 0 spiro atoms. The first kappa shape index (κ1) is 95.8. The molecule has 6 aliphatic rings. The number of carbonyl (C=O) groups excluding carboxylic acids is 17. The summed E-state index contributed by atoms with van der Waals surface area (Å²) in [6, 6.07) is 33.7. The summed E-state index contributed by atoms with van der Waals surface area (Å²) in [5.74, 6) is -7.33. The van der Waals surface area contributed by atoms with Crippen molar-refractivity contribution < 1.29 is 120 Å². The minimum atomic E-state index is -1.13. The van der Waals surface area contributed by atoms with Gasteiger partial charge in [-0.1, -0.05) is 162 Å². The minimum Gasteiger partial charge on any atom is -0.480 e. The Labute approximate surface area is 762 Å². The zero-order valence-electron chi connectivity index (χ0n) is 69.3. The second-order valence-electron chi connectivity index (χ2n) is 29.7. The second-order valence-corrected chi connectivity index (χ2v) is 37.8. The number of amides is 15. The van der Waals surface area contributed by atoms with Crippen LogP contribution < -0.4 is 41.4 Å². The number of aliphatic carboxylic acids is 1. The monoisotopic (exact) mass is 1880 g/mol. The van der Waals surface area contributed by atoms with E-state index in [-0.39, 0.29) is 186 Å². The Hall–Kier alpha value is -12.3. The summed E-state index contributed by atoms with van der Waals surface area (Å²) in [5.41, 5.74) is 3.47. The van der Waals surface area contributed by atoms with Crippen LogP contribution in [0.15, 0.2) is 133 Å². The maximum atomic E-state index is 14.5. The number of nitrogens with one attached hydrogen (secondary N) is 6. The van der Waals surface area contributed by atoms with Crippen molar-refractivity contribution in [2.24, 2.45) is 0 Å². The zero-order chi connectivity index (χ0) is 91.5. The number of esters is 2. The Morgan fingerprint density at radius 2 is 0.767 bits per heavy atom. The van der Waals surface area contributed by atoms with Crippen LogP contribution in [0.2, 0.25) is 0 Å². The van der Waals surface area contributed by atoms with Crippen LogP contribution in [0.4, 0.5) is 36.2 Å². The standard InChI is InChI=1S/C86H90N12O25S6/c99-67-29-24-62(77(108)90-67)96-46-56-55(80(96)111)19-10-20-59(56)87-84(115)119-34-40-127-124-37-11-21-70(102)94(44-53-15-6-2-7-16-53)50-73(106)122-65-27-23-61(58-48-98(81(112)75(58)65)64-26-31-69(101)92-79(64)110)89-85(116)120-35-41-128-129-42-36-121-86(117)95(45-54-17-8-3-9-18-54)51-74(107)123-66-28-22-60(57-47-97(82(113)76(57)66)63-25-30-68(100)91-78(63)109)88-83(114)118-33-12-38-125-126-39-32-71(103)93(49-72(104)105)43-52-13-4-1-5-14-52/h1-10,13-20,22-23,27-28,62-64H,11-12,21,24-26,29-51H2,(H,87,115)(H,88,114)(H,89,116)(H,104,105)(H,90,99,108)(H,91,100,109)(H,92,101,110). The van der Waals surface area contributed by atoms with Gasteiger partial charge in [-0.2, -0.15) is 0 Å². The number of hydrogen-bond donors (Lipinski definition) is 7. The molecule has 0 bridgehead atoms. The molecule has 0 saturated carbocycles. The van der Waals surface area contributed by atoms with Crippen molar-refractivity contribution in [2.45, 2.75) is 122 Å². The molecule has 3 fully saturated rings. The average Bonchev–Trinajstić information content (AvgIpc) is 1.52. The van der Waals surface area contributed by atoms with Gasteiger partial charge in [0, 0.05) is 134 Å². The van der Waals surface area contributed by atoms with Crippen molar-refractivity contribution in [1.29, 1.82) is 0 Å². The maximum absolute atomic E-state index is 14.5. The number of piperidine rings is 3. The first-order chi connectivity index (χ1) is 62.3. The predicted octanol–water partition coefficient (Wildman–Crippen LogP) is 9.31. The Bertz CT molecular complexity index is 5260. The van der Waals surface area contributed by atoms with Crippen molar-refractivity contribution in [2.75, 3.05) is 96.5 Å². The lowest BCUT2D eigenvalue weighted by Gasteiger charge is -2.29. The van der Waals surface area contributed by atoms with Crippen LogP contribution in [0.1, 0.15) is 129 Å². The first-order valence-corrected chi connectivity index (χ1v) is 48.4. The topological polar surface area (TPSA) is 474 Å². The highest BCUT2D eigenvalue weighted by Crippen LogP contribution is 2.42. The highest BCUT2D eigenvalue weighted by molar-refractivity contribution is 8.77. The van der Waals surface area contributed by atoms with E-state index in [1.165, 1.54) is 114 Å². The van der Waals surface area contributed by atoms with E-state index < -0.39 is 133 Å². The van der Waals surface area contributed by atoms with Crippen molar-refractivity contribution in [1.82, 2.24) is 45.3 Å². The molecule has 0 aromatic heterocycles. The Kier molecular flexibility index (Phi) is 35.0. The number of nitrogens with zero attached hydrogens (tertiary/aromatic N) is 6. The normalized spacial score (nSPS) is 16.2. The van der Waals surface area contributed by atoms with Crippen molar-refractivity contribution in [3.63, 3.8) is 0 Å². The SMILES string of the molecule is O=C(O)CN(Cc1ccccc1)C(=O)CCSSCCCOC(=O)Nc1ccc(OC(=O)CN(Cc2ccccc2)C(=O)OCCSSCCOC(=O)Nc2ccc(OC(=O)CN(Cc3ccccc3)C(=O)CCCSSCCOC(=O)Nc3cccc4c3CN(C3CCC(=O)NC3=O)C4=O)c3c2CN(C2CCC(=O)NC2=O)C3=O)c2c1CN(C1CCC(=O)NC1=O)C2=O. The number of carboxylic acid groups (broad SMARTS) is 1. The van der Waals surface area contributed by atoms with Gasteiger partial charge in [0.1, 0.15) is 69.1 Å². The number of rotatable bonds is 43. The van der Waals surface area contributed by atoms with E-state index in [2.05, 4.69) is 31.9 Å². The molecule has 6 heterocycles. The summed E-state index contributed by atoms with van der Waals surface area (Å²) in [6.45, 7) is -2.40. The van der Waals surface area contributed by atoms with Crippen LogP contribution in [0, 0.1) is 0 Å². The molecule has 3 atom stereocenters. The quantitative estimate of drug-likeness (QED) is 0.00468. The molecule has 3 saturated heterocycles. The molecule has 129 heavy (non-hydrogen) atoms. The smallest absolute Gasteiger partial charge is 0.411 e. The summed E-state index contributed by atoms with van der Waals surface area (Å²) in [4.78, 5) is 245. The molecule has 3 unspecified atom stereocenters. The number of fused-ring (bicyclic) bond motifs is 3. The van der Waals surface area contributed by atoms with E-state index in [0.717, 1.165) is 10.5 Å². The lowest BCUT2D eigenvalue weighted by molar-refractivity contribution is -0.144. The number of carboxylic acids is 1. The van der Waals surface area contributed by atoms with E-state index in [1.54, 1.807) is 91.0 Å². The zero-order valence-corrected chi connectivity index (χ0v) is 74.2. The lowest BCUT2D eigenvalue weighted by atomic mass is 10.0. The highest BCUT2D eigenvalue weighted by atomic mass is 33.1. The number of benzene rings is 6.